The predicted octanol–water partition coefficient (Wildman–Crippen LogP) is -1.93. The van der Waals surface area contributed by atoms with Gasteiger partial charge in [0.2, 0.25) is 10.4 Å². The number of ether oxygens (including phenoxy) is 3. The van der Waals surface area contributed by atoms with Gasteiger partial charge in [-0.15, -0.1) is 0 Å². The van der Waals surface area contributed by atoms with E-state index in [2.05, 4.69) is 20.8 Å². The van der Waals surface area contributed by atoms with E-state index < -0.39 is 93.8 Å². The van der Waals surface area contributed by atoms with Crippen LogP contribution in [0.5, 0.6) is 0 Å². The van der Waals surface area contributed by atoms with Crippen LogP contribution in [0.3, 0.4) is 0 Å². The van der Waals surface area contributed by atoms with Crippen LogP contribution in [0.15, 0.2) is 0 Å². The molecule has 7 unspecified atom stereocenters. The van der Waals surface area contributed by atoms with Crippen LogP contribution in [-0.4, -0.2) is 130 Å². The molecule has 1 heterocycles. The number of fused-ring (bicyclic) bond motifs is 5. The molecule has 5 aliphatic rings. The number of rotatable bonds is 14. The quantitative estimate of drug-likeness (QED) is 0.0579. The van der Waals surface area contributed by atoms with Gasteiger partial charge >= 0.3 is 29.6 Å². The average Bonchev–Trinajstić information content (AvgIpc) is 3.43. The van der Waals surface area contributed by atoms with Crippen molar-refractivity contribution in [3.8, 4) is 0 Å². The van der Waals surface area contributed by atoms with E-state index in [0.717, 1.165) is 6.42 Å². The van der Waals surface area contributed by atoms with Gasteiger partial charge in [0.15, 0.2) is 6.29 Å². The summed E-state index contributed by atoms with van der Waals surface area (Å²) in [6.45, 7) is 10.2. The van der Waals surface area contributed by atoms with Crippen LogP contribution in [0, 0.1) is 52.3 Å². The second-order valence-electron chi connectivity index (χ2n) is 17.5. The maximum Gasteiger partial charge on any atom is 1.00 e. The Labute approximate surface area is 331 Å². The van der Waals surface area contributed by atoms with Gasteiger partial charge in [0.05, 0.1) is 43.2 Å². The third-order valence-corrected chi connectivity index (χ3v) is 15.0. The molecular weight excluding hydrogens is 711 g/mol. The summed E-state index contributed by atoms with van der Waals surface area (Å²) in [5, 5.41) is 77.2. The molecule has 0 amide bonds. The molecule has 4 saturated carbocycles. The molecule has 0 aromatic carbocycles. The summed E-state index contributed by atoms with van der Waals surface area (Å²) in [7, 11) is -3.74. The van der Waals surface area contributed by atoms with E-state index in [4.69, 9.17) is 18.4 Å². The zero-order valence-electron chi connectivity index (χ0n) is 31.9. The monoisotopic (exact) mass is 774 g/mol. The van der Waals surface area contributed by atoms with Gasteiger partial charge in [-0.1, -0.05) is 41.0 Å². The summed E-state index contributed by atoms with van der Waals surface area (Å²) in [4.78, 5) is 0. The molecule has 5 rings (SSSR count). The summed E-state index contributed by atoms with van der Waals surface area (Å²) in [6.07, 6.45) is -5.18. The van der Waals surface area contributed by atoms with Crippen molar-refractivity contribution >= 4 is 10.4 Å². The van der Waals surface area contributed by atoms with Gasteiger partial charge in [-0.2, -0.15) is 0 Å². The molecule has 0 spiro atoms. The van der Waals surface area contributed by atoms with Crippen molar-refractivity contribution in [2.75, 3.05) is 20.3 Å². The summed E-state index contributed by atoms with van der Waals surface area (Å²) in [6, 6.07) is 0. The van der Waals surface area contributed by atoms with Gasteiger partial charge in [-0.05, 0) is 91.3 Å². The Kier molecular flexibility index (Phi) is 14.9. The number of aliphatic hydroxyl groups excluding tert-OH is 6. The molecular formula is C36H63NaO14S. The van der Waals surface area contributed by atoms with E-state index in [1.54, 1.807) is 0 Å². The van der Waals surface area contributed by atoms with Crippen LogP contribution in [0.1, 0.15) is 92.4 Å². The van der Waals surface area contributed by atoms with Crippen LogP contribution in [0.25, 0.3) is 0 Å². The van der Waals surface area contributed by atoms with E-state index in [1.807, 2.05) is 13.8 Å². The van der Waals surface area contributed by atoms with Crippen molar-refractivity contribution in [1.29, 1.82) is 0 Å². The van der Waals surface area contributed by atoms with Crippen molar-refractivity contribution < 1.29 is 96.7 Å². The molecule has 0 aromatic heterocycles. The van der Waals surface area contributed by atoms with Crippen LogP contribution in [0.4, 0.5) is 0 Å². The second-order valence-corrected chi connectivity index (χ2v) is 18.5. The van der Waals surface area contributed by atoms with E-state index in [0.29, 0.717) is 38.5 Å². The molecule has 52 heavy (non-hydrogen) atoms. The SMILES string of the molecule is CO[C@H](CO)C1OC(OCC[C@@H](CC[C@@H](C)[C@H]2[C@@H](O)[C@H](O)C3[C@]4(O)C[C@H](OS(=O)(=O)[O-])C5C[C@@H](O)CC[C@]5(C)C4CC[C@@]32C)C(C)C)C(O)C1O.[Na+]. The van der Waals surface area contributed by atoms with Crippen LogP contribution in [-0.2, 0) is 28.8 Å². The minimum absolute atomic E-state index is 0. The standard InChI is InChI=1S/C36H64O14S.Na/c1-18(2)20(11-14-48-33-30(42)28(40)31(49-33)24(17-37)47-6)8-7-19(3)26-27(39)29(41)32-35(26,5)13-10-25-34(4)12-9-21(38)15-22(34)23(16-36(25,32)43)50-51(44,45)46;/h18-33,37-43H,7-17H2,1-6H3,(H,44,45,46);/q;+1/p-1/t19-,20-,21+,22?,23+,24-,25?,26+,27-,28?,29+,30?,31?,32?,33?,34+,35-,36+;/m1./s1. The van der Waals surface area contributed by atoms with Crippen molar-refractivity contribution in [3.63, 3.8) is 0 Å². The normalized spacial score (nSPS) is 46.5. The van der Waals surface area contributed by atoms with E-state index in [-0.39, 0.29) is 85.2 Å². The molecule has 1 saturated heterocycles. The number of hydrogen-bond donors (Lipinski definition) is 7. The van der Waals surface area contributed by atoms with Gasteiger partial charge in [-0.25, -0.2) is 8.42 Å². The summed E-state index contributed by atoms with van der Waals surface area (Å²) < 4.78 is 57.6. The smallest absolute Gasteiger partial charge is 0.726 e. The maximum atomic E-state index is 12.8. The first kappa shape index (κ1) is 45.2. The van der Waals surface area contributed by atoms with Crippen LogP contribution >= 0.6 is 0 Å². The fourth-order valence-corrected chi connectivity index (χ4v) is 12.5. The third-order valence-electron chi connectivity index (χ3n) is 14.5. The largest absolute Gasteiger partial charge is 1.00 e. The fourth-order valence-electron chi connectivity index (χ4n) is 12.0. The number of methoxy groups -OCH3 is 1. The third kappa shape index (κ3) is 8.37. The topological polar surface area (TPSA) is 236 Å². The first-order chi connectivity index (χ1) is 23.7. The Morgan fingerprint density at radius 2 is 1.58 bits per heavy atom. The first-order valence-electron chi connectivity index (χ1n) is 18.9. The Balaban J connectivity index is 0.00000605. The molecule has 4 aliphatic carbocycles. The zero-order valence-corrected chi connectivity index (χ0v) is 34.7. The molecule has 16 heteroatoms. The van der Waals surface area contributed by atoms with Gasteiger partial charge in [0, 0.05) is 19.4 Å². The van der Waals surface area contributed by atoms with E-state index in [1.165, 1.54) is 7.11 Å². The molecule has 1 aliphatic heterocycles. The predicted molar refractivity (Wildman–Crippen MR) is 181 cm³/mol. The van der Waals surface area contributed by atoms with E-state index in [9.17, 15) is 48.7 Å². The minimum Gasteiger partial charge on any atom is -0.726 e. The molecule has 5 fully saturated rings. The molecule has 7 N–H and O–H groups in total. The van der Waals surface area contributed by atoms with Crippen molar-refractivity contribution in [2.24, 2.45) is 52.3 Å². The Hall–Kier alpha value is 0.470. The van der Waals surface area contributed by atoms with Crippen LogP contribution in [0.2, 0.25) is 0 Å². The van der Waals surface area contributed by atoms with Gasteiger partial charge in [0.1, 0.15) is 24.4 Å². The maximum absolute atomic E-state index is 12.8. The Morgan fingerprint density at radius 3 is 2.17 bits per heavy atom. The molecule has 18 atom stereocenters. The van der Waals surface area contributed by atoms with Gasteiger partial charge < -0.3 is 54.5 Å². The Morgan fingerprint density at radius 1 is 0.923 bits per heavy atom. The minimum atomic E-state index is -5.13. The zero-order chi connectivity index (χ0) is 37.8. The molecule has 0 bridgehead atoms. The van der Waals surface area contributed by atoms with Crippen molar-refractivity contribution in [2.45, 2.75) is 153 Å². The fraction of sp³-hybridized carbons (Fsp3) is 1.00. The van der Waals surface area contributed by atoms with E-state index >= 15 is 0 Å². The van der Waals surface area contributed by atoms with Crippen molar-refractivity contribution in [3.05, 3.63) is 0 Å². The van der Waals surface area contributed by atoms with Crippen LogP contribution < -0.4 is 29.6 Å². The summed E-state index contributed by atoms with van der Waals surface area (Å²) >= 11 is 0. The van der Waals surface area contributed by atoms with Gasteiger partial charge in [0.25, 0.3) is 0 Å². The molecule has 0 radical (unpaired) electrons. The summed E-state index contributed by atoms with van der Waals surface area (Å²) in [5.41, 5.74) is -2.95. The van der Waals surface area contributed by atoms with Gasteiger partial charge in [-0.3, -0.25) is 4.18 Å². The molecule has 298 valence electrons. The first-order valence-corrected chi connectivity index (χ1v) is 20.2. The Bertz CT molecular complexity index is 1290. The summed E-state index contributed by atoms with van der Waals surface area (Å²) in [5.74, 6) is -1.55. The average molecular weight is 775 g/mol. The number of aliphatic hydroxyl groups is 7. The number of hydrogen-bond acceptors (Lipinski definition) is 14. The van der Waals surface area contributed by atoms with Crippen molar-refractivity contribution in [1.82, 2.24) is 0 Å². The molecule has 0 aromatic rings. The molecule has 14 nitrogen and oxygen atoms in total. The second kappa shape index (κ2) is 17.1.